The number of hydrogen-bond donors (Lipinski definition) is 4. The molecule has 0 aliphatic carbocycles. The van der Waals surface area contributed by atoms with Crippen molar-refractivity contribution in [2.75, 3.05) is 0 Å². The van der Waals surface area contributed by atoms with Gasteiger partial charge in [-0.2, -0.15) is 0 Å². The van der Waals surface area contributed by atoms with Crippen molar-refractivity contribution in [3.63, 3.8) is 0 Å². The SMILES string of the molecule is C[C@](O)(C(=O)O)[C@@H](O)C(=O)O. The molecule has 0 aromatic heterocycles. The number of aliphatic hydroxyl groups excluding tert-OH is 1. The second-order valence-corrected chi connectivity index (χ2v) is 2.19. The van der Waals surface area contributed by atoms with Crippen LogP contribution in [0.3, 0.4) is 0 Å². The molecule has 0 unspecified atom stereocenters. The molecule has 0 saturated carbocycles. The van der Waals surface area contributed by atoms with Gasteiger partial charge in [0.25, 0.3) is 0 Å². The fraction of sp³-hybridized carbons (Fsp3) is 0.600. The fourth-order valence-electron chi connectivity index (χ4n) is 0.357. The summed E-state index contributed by atoms with van der Waals surface area (Å²) in [5.41, 5.74) is -2.65. The first-order valence-corrected chi connectivity index (χ1v) is 2.66. The van der Waals surface area contributed by atoms with Gasteiger partial charge in [-0.3, -0.25) is 0 Å². The van der Waals surface area contributed by atoms with Gasteiger partial charge in [0.2, 0.25) is 0 Å². The lowest BCUT2D eigenvalue weighted by Crippen LogP contribution is -2.50. The van der Waals surface area contributed by atoms with E-state index in [1.54, 1.807) is 0 Å². The lowest BCUT2D eigenvalue weighted by Gasteiger charge is -2.20. The molecule has 0 aliphatic rings. The molecule has 0 aromatic rings. The Morgan fingerprint density at radius 1 is 1.36 bits per heavy atom. The van der Waals surface area contributed by atoms with E-state index in [0.29, 0.717) is 6.92 Å². The summed E-state index contributed by atoms with van der Waals surface area (Å²) in [6.07, 6.45) is -2.32. The molecule has 11 heavy (non-hydrogen) atoms. The minimum absolute atomic E-state index is 0.703. The first-order valence-electron chi connectivity index (χ1n) is 2.66. The molecular weight excluding hydrogens is 156 g/mol. The summed E-state index contributed by atoms with van der Waals surface area (Å²) in [4.78, 5) is 20.1. The lowest BCUT2D eigenvalue weighted by atomic mass is 10.00. The van der Waals surface area contributed by atoms with Crippen LogP contribution in [-0.4, -0.2) is 44.1 Å². The average Bonchev–Trinajstić information content (AvgIpc) is 1.85. The predicted octanol–water partition coefficient (Wildman–Crippen LogP) is -1.73. The highest BCUT2D eigenvalue weighted by Crippen LogP contribution is 2.09. The fourth-order valence-corrected chi connectivity index (χ4v) is 0.357. The summed E-state index contributed by atoms with van der Waals surface area (Å²) < 4.78 is 0. The van der Waals surface area contributed by atoms with Gasteiger partial charge in [0, 0.05) is 0 Å². The van der Waals surface area contributed by atoms with Crippen molar-refractivity contribution < 1.29 is 30.0 Å². The summed E-state index contributed by atoms with van der Waals surface area (Å²) in [5.74, 6) is -3.56. The Morgan fingerprint density at radius 2 is 1.73 bits per heavy atom. The van der Waals surface area contributed by atoms with Crippen LogP contribution < -0.4 is 0 Å². The normalized spacial score (nSPS) is 18.5. The smallest absolute Gasteiger partial charge is 0.338 e. The molecule has 0 saturated heterocycles. The van der Waals surface area contributed by atoms with Gasteiger partial charge in [-0.1, -0.05) is 0 Å². The van der Waals surface area contributed by atoms with Crippen molar-refractivity contribution >= 4 is 11.9 Å². The minimum Gasteiger partial charge on any atom is -0.479 e. The van der Waals surface area contributed by atoms with Crippen molar-refractivity contribution in [2.24, 2.45) is 0 Å². The van der Waals surface area contributed by atoms with E-state index < -0.39 is 23.6 Å². The Labute approximate surface area is 61.7 Å². The summed E-state index contributed by atoms with van der Waals surface area (Å²) in [6, 6.07) is 0. The van der Waals surface area contributed by atoms with Crippen LogP contribution in [0.1, 0.15) is 6.92 Å². The highest BCUT2D eigenvalue weighted by molar-refractivity contribution is 5.86. The molecule has 64 valence electrons. The van der Waals surface area contributed by atoms with Crippen molar-refractivity contribution in [3.8, 4) is 0 Å². The first-order chi connectivity index (χ1) is 4.80. The Hall–Kier alpha value is -1.14. The first kappa shape index (κ1) is 9.86. The predicted molar refractivity (Wildman–Crippen MR) is 31.9 cm³/mol. The van der Waals surface area contributed by atoms with E-state index in [0.717, 1.165) is 0 Å². The maximum Gasteiger partial charge on any atom is 0.338 e. The molecular formula is C5H8O6. The van der Waals surface area contributed by atoms with Crippen molar-refractivity contribution in [1.29, 1.82) is 0 Å². The standard InChI is InChI=1S/C5H8O6/c1-5(11,4(9)10)2(6)3(7)8/h2,6,11H,1H3,(H,7,8)(H,9,10)/t2-,5+/m0/s1. The number of carboxylic acids is 2. The van der Waals surface area contributed by atoms with Gasteiger partial charge >= 0.3 is 11.9 Å². The van der Waals surface area contributed by atoms with Gasteiger partial charge < -0.3 is 20.4 Å². The van der Waals surface area contributed by atoms with E-state index in [1.807, 2.05) is 0 Å². The highest BCUT2D eigenvalue weighted by atomic mass is 16.4. The van der Waals surface area contributed by atoms with Crippen LogP contribution in [0, 0.1) is 0 Å². The van der Waals surface area contributed by atoms with Crippen molar-refractivity contribution in [1.82, 2.24) is 0 Å². The molecule has 0 aliphatic heterocycles. The van der Waals surface area contributed by atoms with Crippen LogP contribution in [-0.2, 0) is 9.59 Å². The summed E-state index contributed by atoms with van der Waals surface area (Å²) in [6.45, 7) is 0.703. The quantitative estimate of drug-likeness (QED) is 0.394. The third kappa shape index (κ3) is 1.89. The monoisotopic (exact) mass is 164 g/mol. The average molecular weight is 164 g/mol. The molecule has 0 rings (SSSR count). The van der Waals surface area contributed by atoms with E-state index in [-0.39, 0.29) is 0 Å². The van der Waals surface area contributed by atoms with Crippen molar-refractivity contribution in [2.45, 2.75) is 18.6 Å². The van der Waals surface area contributed by atoms with Crippen LogP contribution in [0.2, 0.25) is 0 Å². The van der Waals surface area contributed by atoms with Crippen LogP contribution in [0.15, 0.2) is 0 Å². The number of aliphatic carboxylic acids is 2. The van der Waals surface area contributed by atoms with Gasteiger partial charge in [0.05, 0.1) is 0 Å². The Balaban J connectivity index is 4.55. The minimum atomic E-state index is -2.65. The number of hydrogen-bond acceptors (Lipinski definition) is 4. The molecule has 0 radical (unpaired) electrons. The molecule has 2 atom stereocenters. The number of rotatable bonds is 3. The second-order valence-electron chi connectivity index (χ2n) is 2.19. The number of carboxylic acid groups (broad SMARTS) is 2. The third-order valence-electron chi connectivity index (χ3n) is 1.20. The number of aliphatic hydroxyl groups is 2. The topological polar surface area (TPSA) is 115 Å². The molecule has 0 fully saturated rings. The van der Waals surface area contributed by atoms with Crippen LogP contribution in [0.4, 0.5) is 0 Å². The Morgan fingerprint density at radius 3 is 1.82 bits per heavy atom. The van der Waals surface area contributed by atoms with Gasteiger partial charge in [0.15, 0.2) is 11.7 Å². The largest absolute Gasteiger partial charge is 0.479 e. The molecule has 0 aromatic carbocycles. The molecule has 6 nitrogen and oxygen atoms in total. The zero-order valence-corrected chi connectivity index (χ0v) is 5.68. The van der Waals surface area contributed by atoms with E-state index in [4.69, 9.17) is 20.4 Å². The van der Waals surface area contributed by atoms with Crippen molar-refractivity contribution in [3.05, 3.63) is 0 Å². The molecule has 0 heterocycles. The molecule has 0 spiro atoms. The van der Waals surface area contributed by atoms with Gasteiger partial charge in [-0.15, -0.1) is 0 Å². The van der Waals surface area contributed by atoms with E-state index in [9.17, 15) is 9.59 Å². The third-order valence-corrected chi connectivity index (χ3v) is 1.20. The Kier molecular flexibility index (Phi) is 2.55. The van der Waals surface area contributed by atoms with Gasteiger partial charge in [0.1, 0.15) is 0 Å². The molecule has 4 N–H and O–H groups in total. The zero-order chi connectivity index (χ0) is 9.23. The highest BCUT2D eigenvalue weighted by Gasteiger charge is 2.43. The zero-order valence-electron chi connectivity index (χ0n) is 5.68. The van der Waals surface area contributed by atoms with Crippen LogP contribution >= 0.6 is 0 Å². The van der Waals surface area contributed by atoms with Crippen LogP contribution in [0.5, 0.6) is 0 Å². The van der Waals surface area contributed by atoms with Crippen LogP contribution in [0.25, 0.3) is 0 Å². The summed E-state index contributed by atoms with van der Waals surface area (Å²) in [7, 11) is 0. The van der Waals surface area contributed by atoms with E-state index >= 15 is 0 Å². The maximum absolute atomic E-state index is 10.1. The molecule has 0 bridgehead atoms. The second kappa shape index (κ2) is 2.85. The molecule has 0 amide bonds. The molecule has 6 heteroatoms. The van der Waals surface area contributed by atoms with E-state index in [1.165, 1.54) is 0 Å². The van der Waals surface area contributed by atoms with Gasteiger partial charge in [-0.25, -0.2) is 9.59 Å². The lowest BCUT2D eigenvalue weighted by molar-refractivity contribution is -0.180. The van der Waals surface area contributed by atoms with E-state index in [2.05, 4.69) is 0 Å². The maximum atomic E-state index is 10.1. The summed E-state index contributed by atoms with van der Waals surface area (Å²) >= 11 is 0. The van der Waals surface area contributed by atoms with Gasteiger partial charge in [-0.05, 0) is 6.92 Å². The number of carbonyl (C=O) groups is 2. The summed E-state index contributed by atoms with van der Waals surface area (Å²) in [5, 5.41) is 33.7. The Bertz CT molecular complexity index is 183.